The van der Waals surface area contributed by atoms with E-state index >= 15 is 0 Å². The minimum absolute atomic E-state index is 0.190. The fourth-order valence-electron chi connectivity index (χ4n) is 2.21. The molecular formula is C20H19O5-. The number of aryl methyl sites for hydroxylation is 1. The normalized spacial score (nSPS) is 10.6. The van der Waals surface area contributed by atoms with Gasteiger partial charge >= 0.3 is 0 Å². The number of ketones is 1. The first kappa shape index (κ1) is 18.3. The van der Waals surface area contributed by atoms with E-state index in [0.29, 0.717) is 5.56 Å². The minimum Gasteiger partial charge on any atom is -0.546 e. The smallest absolute Gasteiger partial charge is 0.185 e. The summed E-state index contributed by atoms with van der Waals surface area (Å²) in [5.41, 5.74) is 2.59. The predicted octanol–water partition coefficient (Wildman–Crippen LogP) is 2.28. The lowest BCUT2D eigenvalue weighted by Crippen LogP contribution is -2.29. The lowest BCUT2D eigenvalue weighted by Gasteiger charge is -2.11. The van der Waals surface area contributed by atoms with Crippen molar-refractivity contribution in [2.75, 3.05) is 13.7 Å². The van der Waals surface area contributed by atoms with Crippen molar-refractivity contribution >= 4 is 17.8 Å². The number of aliphatic carboxylic acids is 1. The molecule has 0 aliphatic rings. The van der Waals surface area contributed by atoms with Crippen molar-refractivity contribution in [1.82, 2.24) is 0 Å². The predicted molar refractivity (Wildman–Crippen MR) is 92.7 cm³/mol. The summed E-state index contributed by atoms with van der Waals surface area (Å²) in [6.07, 6.45) is 4.20. The zero-order valence-corrected chi connectivity index (χ0v) is 14.2. The molecule has 2 aromatic carbocycles. The molecule has 0 atom stereocenters. The van der Waals surface area contributed by atoms with Gasteiger partial charge in [-0.3, -0.25) is 4.79 Å². The van der Waals surface area contributed by atoms with Crippen LogP contribution in [0.2, 0.25) is 0 Å². The summed E-state index contributed by atoms with van der Waals surface area (Å²) in [4.78, 5) is 22.8. The molecule has 0 radical (unpaired) electrons. The van der Waals surface area contributed by atoms with Gasteiger partial charge in [0.1, 0.15) is 6.61 Å². The van der Waals surface area contributed by atoms with E-state index in [1.165, 1.54) is 30.9 Å². The summed E-state index contributed by atoms with van der Waals surface area (Å²) in [7, 11) is 1.42. The van der Waals surface area contributed by atoms with E-state index in [9.17, 15) is 14.7 Å². The van der Waals surface area contributed by atoms with Crippen LogP contribution in [0, 0.1) is 0 Å². The Labute approximate surface area is 146 Å². The van der Waals surface area contributed by atoms with Crippen molar-refractivity contribution in [3.63, 3.8) is 0 Å². The Balaban J connectivity index is 2.12. The molecule has 0 unspecified atom stereocenters. The Morgan fingerprint density at radius 3 is 2.40 bits per heavy atom. The molecular weight excluding hydrogens is 320 g/mol. The largest absolute Gasteiger partial charge is 0.546 e. The number of hydrogen-bond donors (Lipinski definition) is 0. The second-order valence-electron chi connectivity index (χ2n) is 5.32. The van der Waals surface area contributed by atoms with Crippen molar-refractivity contribution in [3.05, 3.63) is 65.2 Å². The zero-order valence-electron chi connectivity index (χ0n) is 14.2. The third-order valence-electron chi connectivity index (χ3n) is 3.61. The van der Waals surface area contributed by atoms with Crippen LogP contribution in [0.15, 0.2) is 48.5 Å². The lowest BCUT2D eigenvalue weighted by atomic mass is 10.1. The number of rotatable bonds is 8. The maximum atomic E-state index is 12.3. The number of carbonyl (C=O) groups is 2. The number of carboxylic acid groups (broad SMARTS) is 1. The summed E-state index contributed by atoms with van der Waals surface area (Å²) < 4.78 is 10.2. The SMILES string of the molecule is CCc1ccc(/C=C/C(=O)c2ccc(OCC(=O)[O-])c(OC)c2)cc1. The van der Waals surface area contributed by atoms with Crippen LogP contribution in [0.3, 0.4) is 0 Å². The molecule has 0 saturated carbocycles. The summed E-state index contributed by atoms with van der Waals surface area (Å²) in [6, 6.07) is 12.5. The molecule has 0 amide bonds. The van der Waals surface area contributed by atoms with Gasteiger partial charge in [0, 0.05) is 5.56 Å². The highest BCUT2D eigenvalue weighted by Crippen LogP contribution is 2.28. The summed E-state index contributed by atoms with van der Waals surface area (Å²) in [5, 5.41) is 10.5. The quantitative estimate of drug-likeness (QED) is 0.545. The van der Waals surface area contributed by atoms with Crippen LogP contribution in [0.4, 0.5) is 0 Å². The zero-order chi connectivity index (χ0) is 18.2. The number of methoxy groups -OCH3 is 1. The van der Waals surface area contributed by atoms with E-state index in [4.69, 9.17) is 9.47 Å². The second-order valence-corrected chi connectivity index (χ2v) is 5.32. The van der Waals surface area contributed by atoms with Gasteiger partial charge in [-0.25, -0.2) is 0 Å². The third-order valence-corrected chi connectivity index (χ3v) is 3.61. The van der Waals surface area contributed by atoms with Crippen molar-refractivity contribution in [2.24, 2.45) is 0 Å². The van der Waals surface area contributed by atoms with Crippen LogP contribution in [-0.2, 0) is 11.2 Å². The third kappa shape index (κ3) is 5.21. The number of hydrogen-bond acceptors (Lipinski definition) is 5. The lowest BCUT2D eigenvalue weighted by molar-refractivity contribution is -0.307. The van der Waals surface area contributed by atoms with E-state index < -0.39 is 12.6 Å². The molecule has 0 saturated heterocycles. The molecule has 0 bridgehead atoms. The van der Waals surface area contributed by atoms with Gasteiger partial charge in [-0.1, -0.05) is 37.3 Å². The van der Waals surface area contributed by atoms with Crippen LogP contribution >= 0.6 is 0 Å². The van der Waals surface area contributed by atoms with Gasteiger partial charge in [-0.15, -0.1) is 0 Å². The van der Waals surface area contributed by atoms with Gasteiger partial charge in [0.2, 0.25) is 0 Å². The van der Waals surface area contributed by atoms with Gasteiger partial charge < -0.3 is 19.4 Å². The Bertz CT molecular complexity index is 775. The first-order chi connectivity index (χ1) is 12.0. The Morgan fingerprint density at radius 2 is 1.80 bits per heavy atom. The molecule has 0 N–H and O–H groups in total. The highest BCUT2D eigenvalue weighted by molar-refractivity contribution is 6.07. The highest BCUT2D eigenvalue weighted by atomic mass is 16.5. The standard InChI is InChI=1S/C20H20O5/c1-3-14-4-6-15(7-5-14)8-10-17(21)16-9-11-18(19(12-16)24-2)25-13-20(22)23/h4-12H,3,13H2,1-2H3,(H,22,23)/p-1/b10-8+. The Hall–Kier alpha value is -3.08. The van der Waals surface area contributed by atoms with Gasteiger partial charge in [-0.2, -0.15) is 0 Å². The fourth-order valence-corrected chi connectivity index (χ4v) is 2.21. The summed E-state index contributed by atoms with van der Waals surface area (Å²) in [6.45, 7) is 1.50. The highest BCUT2D eigenvalue weighted by Gasteiger charge is 2.09. The van der Waals surface area contributed by atoms with Gasteiger partial charge in [0.15, 0.2) is 17.3 Å². The number of carbonyl (C=O) groups excluding carboxylic acids is 2. The van der Waals surface area contributed by atoms with E-state index in [0.717, 1.165) is 12.0 Å². The average Bonchev–Trinajstić information content (AvgIpc) is 2.64. The Kier molecular flexibility index (Phi) is 6.34. The molecule has 0 aromatic heterocycles. The number of ether oxygens (including phenoxy) is 2. The average molecular weight is 339 g/mol. The first-order valence-corrected chi connectivity index (χ1v) is 7.85. The minimum atomic E-state index is -1.33. The first-order valence-electron chi connectivity index (χ1n) is 7.85. The topological polar surface area (TPSA) is 75.7 Å². The molecule has 0 heterocycles. The molecule has 25 heavy (non-hydrogen) atoms. The van der Waals surface area contributed by atoms with Crippen LogP contribution < -0.4 is 14.6 Å². The van der Waals surface area contributed by atoms with E-state index in [-0.39, 0.29) is 17.3 Å². The summed E-state index contributed by atoms with van der Waals surface area (Å²) in [5.74, 6) is -1.00. The molecule has 5 nitrogen and oxygen atoms in total. The van der Waals surface area contributed by atoms with Crippen molar-refractivity contribution in [2.45, 2.75) is 13.3 Å². The fraction of sp³-hybridized carbons (Fsp3) is 0.200. The van der Waals surface area contributed by atoms with Crippen molar-refractivity contribution < 1.29 is 24.2 Å². The Morgan fingerprint density at radius 1 is 1.08 bits per heavy atom. The number of allylic oxidation sites excluding steroid dienone is 1. The number of benzene rings is 2. The van der Waals surface area contributed by atoms with Gasteiger partial charge in [0.05, 0.1) is 13.1 Å². The van der Waals surface area contributed by atoms with Crippen molar-refractivity contribution in [3.8, 4) is 11.5 Å². The number of carboxylic acids is 1. The molecule has 5 heteroatoms. The second kappa shape index (κ2) is 8.68. The maximum absolute atomic E-state index is 12.3. The monoisotopic (exact) mass is 339 g/mol. The molecule has 130 valence electrons. The van der Waals surface area contributed by atoms with Crippen molar-refractivity contribution in [1.29, 1.82) is 0 Å². The van der Waals surface area contributed by atoms with Crippen LogP contribution in [0.25, 0.3) is 6.08 Å². The molecule has 0 aliphatic heterocycles. The van der Waals surface area contributed by atoms with Crippen LogP contribution in [-0.4, -0.2) is 25.5 Å². The molecule has 0 spiro atoms. The molecule has 2 aromatic rings. The van der Waals surface area contributed by atoms with Crippen LogP contribution in [0.5, 0.6) is 11.5 Å². The molecule has 2 rings (SSSR count). The van der Waals surface area contributed by atoms with E-state index in [2.05, 4.69) is 6.92 Å². The van der Waals surface area contributed by atoms with Gasteiger partial charge in [0.25, 0.3) is 0 Å². The van der Waals surface area contributed by atoms with Crippen LogP contribution in [0.1, 0.15) is 28.4 Å². The maximum Gasteiger partial charge on any atom is 0.185 e. The molecule has 0 fully saturated rings. The summed E-state index contributed by atoms with van der Waals surface area (Å²) >= 11 is 0. The molecule has 0 aliphatic carbocycles. The van der Waals surface area contributed by atoms with E-state index in [1.54, 1.807) is 12.1 Å². The van der Waals surface area contributed by atoms with Gasteiger partial charge in [-0.05, 0) is 41.8 Å². The van der Waals surface area contributed by atoms with E-state index in [1.807, 2.05) is 24.3 Å².